The van der Waals surface area contributed by atoms with Crippen LogP contribution in [0.3, 0.4) is 0 Å². The van der Waals surface area contributed by atoms with Crippen LogP contribution in [0.5, 0.6) is 0 Å². The van der Waals surface area contributed by atoms with Crippen molar-refractivity contribution in [3.05, 3.63) is 30.3 Å². The van der Waals surface area contributed by atoms with E-state index in [4.69, 9.17) is 0 Å². The molecular formula is C17H25N3O2. The Labute approximate surface area is 132 Å². The summed E-state index contributed by atoms with van der Waals surface area (Å²) in [5.74, 6) is 0.182. The van der Waals surface area contributed by atoms with Crippen molar-refractivity contribution in [3.63, 3.8) is 0 Å². The van der Waals surface area contributed by atoms with Gasteiger partial charge in [0, 0.05) is 57.9 Å². The molecule has 2 heterocycles. The van der Waals surface area contributed by atoms with Gasteiger partial charge in [0.25, 0.3) is 0 Å². The number of hydrogen-bond donors (Lipinski definition) is 1. The quantitative estimate of drug-likeness (QED) is 0.893. The maximum atomic E-state index is 12.1. The molecule has 1 N–H and O–H groups in total. The number of aliphatic hydroxyl groups excluding tert-OH is 1. The van der Waals surface area contributed by atoms with Crippen molar-refractivity contribution < 1.29 is 9.90 Å². The zero-order valence-electron chi connectivity index (χ0n) is 13.0. The molecule has 120 valence electrons. The number of anilines is 1. The van der Waals surface area contributed by atoms with E-state index in [9.17, 15) is 9.90 Å². The number of carbonyl (C=O) groups excluding carboxylic acids is 1. The zero-order valence-corrected chi connectivity index (χ0v) is 13.0. The molecule has 0 aliphatic carbocycles. The van der Waals surface area contributed by atoms with E-state index in [0.717, 1.165) is 39.1 Å². The Morgan fingerprint density at radius 1 is 1.09 bits per heavy atom. The lowest BCUT2D eigenvalue weighted by molar-refractivity contribution is -0.130. The summed E-state index contributed by atoms with van der Waals surface area (Å²) in [5.41, 5.74) is 1.28. The van der Waals surface area contributed by atoms with Crippen LogP contribution < -0.4 is 4.90 Å². The van der Waals surface area contributed by atoms with E-state index in [1.54, 1.807) is 4.90 Å². The molecule has 2 aliphatic heterocycles. The van der Waals surface area contributed by atoms with Crippen LogP contribution in [0.15, 0.2) is 30.3 Å². The van der Waals surface area contributed by atoms with Gasteiger partial charge in [0.2, 0.25) is 5.91 Å². The Bertz CT molecular complexity index is 486. The van der Waals surface area contributed by atoms with Gasteiger partial charge in [-0.3, -0.25) is 9.69 Å². The van der Waals surface area contributed by atoms with Gasteiger partial charge in [-0.15, -0.1) is 0 Å². The van der Waals surface area contributed by atoms with Crippen molar-refractivity contribution in [2.24, 2.45) is 0 Å². The molecule has 0 unspecified atom stereocenters. The summed E-state index contributed by atoms with van der Waals surface area (Å²) in [4.78, 5) is 18.7. The van der Waals surface area contributed by atoms with Gasteiger partial charge < -0.3 is 14.9 Å². The molecule has 2 aliphatic rings. The molecule has 1 amide bonds. The van der Waals surface area contributed by atoms with E-state index in [2.05, 4.69) is 34.1 Å². The smallest absolute Gasteiger partial charge is 0.223 e. The first-order chi connectivity index (χ1) is 10.7. The first kappa shape index (κ1) is 15.3. The van der Waals surface area contributed by atoms with Gasteiger partial charge in [0.1, 0.15) is 0 Å². The number of hydrogen-bond acceptors (Lipinski definition) is 4. The van der Waals surface area contributed by atoms with Crippen molar-refractivity contribution >= 4 is 11.6 Å². The number of benzene rings is 1. The van der Waals surface area contributed by atoms with E-state index in [1.807, 2.05) is 6.07 Å². The van der Waals surface area contributed by atoms with Crippen LogP contribution in [-0.2, 0) is 4.79 Å². The average molecular weight is 303 g/mol. The second-order valence-corrected chi connectivity index (χ2v) is 6.20. The molecule has 0 radical (unpaired) electrons. The van der Waals surface area contributed by atoms with Crippen LogP contribution in [0, 0.1) is 0 Å². The van der Waals surface area contributed by atoms with E-state index < -0.39 is 0 Å². The van der Waals surface area contributed by atoms with Crippen LogP contribution in [0.1, 0.15) is 12.8 Å². The topological polar surface area (TPSA) is 47.0 Å². The number of carbonyl (C=O) groups is 1. The highest BCUT2D eigenvalue weighted by Gasteiger charge is 2.25. The number of rotatable bonds is 4. The minimum absolute atomic E-state index is 0.182. The Morgan fingerprint density at radius 3 is 2.45 bits per heavy atom. The lowest BCUT2D eigenvalue weighted by Crippen LogP contribution is -2.47. The Kier molecular flexibility index (Phi) is 4.95. The molecule has 1 aromatic rings. The number of aliphatic hydroxyl groups is 1. The van der Waals surface area contributed by atoms with Crippen LogP contribution >= 0.6 is 0 Å². The summed E-state index contributed by atoms with van der Waals surface area (Å²) in [6.45, 7) is 6.09. The molecule has 5 heteroatoms. The summed E-state index contributed by atoms with van der Waals surface area (Å²) in [6.07, 6.45) is 0.970. The van der Waals surface area contributed by atoms with E-state index >= 15 is 0 Å². The van der Waals surface area contributed by atoms with Crippen LogP contribution in [0.25, 0.3) is 0 Å². The monoisotopic (exact) mass is 303 g/mol. The minimum atomic E-state index is -0.321. The fourth-order valence-electron chi connectivity index (χ4n) is 3.25. The highest BCUT2D eigenvalue weighted by molar-refractivity contribution is 5.76. The van der Waals surface area contributed by atoms with Crippen LogP contribution in [0.2, 0.25) is 0 Å². The van der Waals surface area contributed by atoms with Crippen molar-refractivity contribution in [2.75, 3.05) is 50.7 Å². The predicted octanol–water partition coefficient (Wildman–Crippen LogP) is 0.792. The maximum absolute atomic E-state index is 12.1. The molecular weight excluding hydrogens is 278 g/mol. The minimum Gasteiger partial charge on any atom is -0.391 e. The molecule has 3 rings (SSSR count). The lowest BCUT2D eigenvalue weighted by Gasteiger charge is -2.36. The number of β-amino-alcohol motifs (C(OH)–C–C–N with tert-alkyl or cyclic N) is 1. The molecule has 1 atom stereocenters. The van der Waals surface area contributed by atoms with Gasteiger partial charge in [-0.25, -0.2) is 0 Å². The number of piperazine rings is 1. The van der Waals surface area contributed by atoms with E-state index in [-0.39, 0.29) is 12.0 Å². The number of likely N-dealkylation sites (tertiary alicyclic amines) is 1. The van der Waals surface area contributed by atoms with Crippen molar-refractivity contribution in [2.45, 2.75) is 18.9 Å². The van der Waals surface area contributed by atoms with E-state index in [0.29, 0.717) is 19.5 Å². The molecule has 0 bridgehead atoms. The van der Waals surface area contributed by atoms with Gasteiger partial charge in [-0.1, -0.05) is 18.2 Å². The van der Waals surface area contributed by atoms with Gasteiger partial charge in [0.05, 0.1) is 6.10 Å². The molecule has 22 heavy (non-hydrogen) atoms. The molecule has 2 fully saturated rings. The highest BCUT2D eigenvalue weighted by Crippen LogP contribution is 2.16. The van der Waals surface area contributed by atoms with Gasteiger partial charge in [-0.2, -0.15) is 0 Å². The van der Waals surface area contributed by atoms with Crippen molar-refractivity contribution in [3.8, 4) is 0 Å². The van der Waals surface area contributed by atoms with Crippen LogP contribution in [0.4, 0.5) is 5.69 Å². The van der Waals surface area contributed by atoms with Crippen molar-refractivity contribution in [1.29, 1.82) is 0 Å². The molecule has 2 saturated heterocycles. The van der Waals surface area contributed by atoms with Crippen molar-refractivity contribution in [1.82, 2.24) is 9.80 Å². The largest absolute Gasteiger partial charge is 0.391 e. The first-order valence-corrected chi connectivity index (χ1v) is 8.20. The number of nitrogens with zero attached hydrogens (tertiary/aromatic N) is 3. The normalized spacial score (nSPS) is 23.0. The molecule has 0 saturated carbocycles. The lowest BCUT2D eigenvalue weighted by atomic mass is 10.2. The predicted molar refractivity (Wildman–Crippen MR) is 86.9 cm³/mol. The summed E-state index contributed by atoms with van der Waals surface area (Å²) < 4.78 is 0. The number of para-hydroxylation sites is 1. The Balaban J connectivity index is 1.40. The fraction of sp³-hybridized carbons (Fsp3) is 0.588. The molecule has 0 aromatic heterocycles. The second kappa shape index (κ2) is 7.11. The van der Waals surface area contributed by atoms with Gasteiger partial charge >= 0.3 is 0 Å². The van der Waals surface area contributed by atoms with E-state index in [1.165, 1.54) is 5.69 Å². The average Bonchev–Trinajstić information content (AvgIpc) is 3.00. The maximum Gasteiger partial charge on any atom is 0.223 e. The zero-order chi connectivity index (χ0) is 15.4. The number of amides is 1. The third kappa shape index (κ3) is 3.78. The summed E-state index contributed by atoms with van der Waals surface area (Å²) >= 11 is 0. The molecule has 0 spiro atoms. The van der Waals surface area contributed by atoms with Crippen LogP contribution in [-0.4, -0.2) is 72.7 Å². The Morgan fingerprint density at radius 2 is 1.82 bits per heavy atom. The summed E-state index contributed by atoms with van der Waals surface area (Å²) in [5, 5.41) is 9.49. The SMILES string of the molecule is O=C(CCN1CCN(c2ccccc2)CC1)N1CC[C@@H](O)C1. The Hall–Kier alpha value is -1.59. The third-order valence-corrected chi connectivity index (χ3v) is 4.65. The summed E-state index contributed by atoms with van der Waals surface area (Å²) in [7, 11) is 0. The highest BCUT2D eigenvalue weighted by atomic mass is 16.3. The summed E-state index contributed by atoms with van der Waals surface area (Å²) in [6, 6.07) is 10.5. The van der Waals surface area contributed by atoms with Gasteiger partial charge in [-0.05, 0) is 18.6 Å². The molecule has 5 nitrogen and oxygen atoms in total. The first-order valence-electron chi connectivity index (χ1n) is 8.20. The van der Waals surface area contributed by atoms with Gasteiger partial charge in [0.15, 0.2) is 0 Å². The molecule has 1 aromatic carbocycles. The fourth-order valence-corrected chi connectivity index (χ4v) is 3.25. The standard InChI is InChI=1S/C17H25N3O2/c21-16-6-9-20(14-16)17(22)7-8-18-10-12-19(13-11-18)15-4-2-1-3-5-15/h1-5,16,21H,6-14H2/t16-/m1/s1. The third-order valence-electron chi connectivity index (χ3n) is 4.65. The second-order valence-electron chi connectivity index (χ2n) is 6.20.